The molecule has 0 amide bonds. The summed E-state index contributed by atoms with van der Waals surface area (Å²) in [5.41, 5.74) is 3.56. The van der Waals surface area contributed by atoms with E-state index in [2.05, 4.69) is 30.4 Å². The highest BCUT2D eigenvalue weighted by molar-refractivity contribution is 5.31. The molecule has 2 aromatic rings. The minimum Gasteiger partial charge on any atom is -0.494 e. The Labute approximate surface area is 126 Å². The van der Waals surface area contributed by atoms with Crippen molar-refractivity contribution in [3.8, 4) is 5.75 Å². The van der Waals surface area contributed by atoms with Crippen LogP contribution in [-0.4, -0.2) is 7.11 Å². The Morgan fingerprint density at radius 1 is 1.14 bits per heavy atom. The average Bonchev–Trinajstić information content (AvgIpc) is 2.52. The van der Waals surface area contributed by atoms with E-state index in [1.165, 1.54) is 24.3 Å². The lowest BCUT2D eigenvalue weighted by molar-refractivity contribution is 0.385. The number of aryl methyl sites for hydroxylation is 1. The first-order valence-corrected chi connectivity index (χ1v) is 7.29. The summed E-state index contributed by atoms with van der Waals surface area (Å²) in [6, 6.07) is 13.6. The topological polar surface area (TPSA) is 21.3 Å². The van der Waals surface area contributed by atoms with Gasteiger partial charge in [0.2, 0.25) is 0 Å². The van der Waals surface area contributed by atoms with Crippen LogP contribution in [0.2, 0.25) is 0 Å². The van der Waals surface area contributed by atoms with Gasteiger partial charge in [-0.3, -0.25) is 0 Å². The predicted molar refractivity (Wildman–Crippen MR) is 84.0 cm³/mol. The Hall–Kier alpha value is -1.87. The Kier molecular flexibility index (Phi) is 5.34. The van der Waals surface area contributed by atoms with E-state index < -0.39 is 0 Å². The third kappa shape index (κ3) is 3.82. The van der Waals surface area contributed by atoms with E-state index in [1.807, 2.05) is 19.1 Å². The summed E-state index contributed by atoms with van der Waals surface area (Å²) < 4.78 is 18.7. The van der Waals surface area contributed by atoms with E-state index in [-0.39, 0.29) is 17.6 Å². The van der Waals surface area contributed by atoms with Crippen molar-refractivity contribution in [2.75, 3.05) is 7.11 Å². The minimum absolute atomic E-state index is 0.0790. The van der Waals surface area contributed by atoms with Crippen LogP contribution in [0.4, 0.5) is 4.39 Å². The van der Waals surface area contributed by atoms with Gasteiger partial charge in [0.1, 0.15) is 0 Å². The van der Waals surface area contributed by atoms with E-state index in [9.17, 15) is 4.39 Å². The number of hydrogen-bond acceptors (Lipinski definition) is 2. The van der Waals surface area contributed by atoms with Gasteiger partial charge in [-0.2, -0.15) is 0 Å². The van der Waals surface area contributed by atoms with E-state index in [4.69, 9.17) is 4.74 Å². The molecule has 3 heteroatoms. The molecule has 1 unspecified atom stereocenters. The standard InChI is InChI=1S/C18H22FNO/c1-4-14-7-5-6-8-16(14)12-20-13(2)15-9-10-18(21-3)17(19)11-15/h5-11,13,20H,4,12H2,1-3H3. The van der Waals surface area contributed by atoms with Crippen molar-refractivity contribution in [3.05, 3.63) is 65.0 Å². The summed E-state index contributed by atoms with van der Waals surface area (Å²) in [4.78, 5) is 0. The van der Waals surface area contributed by atoms with E-state index in [1.54, 1.807) is 6.07 Å². The molecule has 0 spiro atoms. The molecule has 0 aliphatic rings. The normalized spacial score (nSPS) is 12.2. The van der Waals surface area contributed by atoms with Gasteiger partial charge in [-0.15, -0.1) is 0 Å². The summed E-state index contributed by atoms with van der Waals surface area (Å²) in [6.45, 7) is 4.97. The SMILES string of the molecule is CCc1ccccc1CNC(C)c1ccc(OC)c(F)c1. The van der Waals surface area contributed by atoms with Crippen LogP contribution in [0.1, 0.15) is 36.6 Å². The first-order chi connectivity index (χ1) is 10.2. The highest BCUT2D eigenvalue weighted by Gasteiger charge is 2.10. The highest BCUT2D eigenvalue weighted by Crippen LogP contribution is 2.22. The molecule has 0 heterocycles. The number of benzene rings is 2. The molecule has 0 aromatic heterocycles. The fraction of sp³-hybridized carbons (Fsp3) is 0.333. The van der Waals surface area contributed by atoms with Crippen molar-refractivity contribution >= 4 is 0 Å². The van der Waals surface area contributed by atoms with E-state index in [0.717, 1.165) is 18.5 Å². The Morgan fingerprint density at radius 3 is 2.48 bits per heavy atom. The van der Waals surface area contributed by atoms with Crippen LogP contribution in [0, 0.1) is 5.82 Å². The molecular formula is C18H22FNO. The largest absolute Gasteiger partial charge is 0.494 e. The van der Waals surface area contributed by atoms with Crippen LogP contribution in [0.25, 0.3) is 0 Å². The number of ether oxygens (including phenoxy) is 1. The molecule has 0 radical (unpaired) electrons. The number of nitrogens with one attached hydrogen (secondary N) is 1. The molecule has 1 atom stereocenters. The molecule has 0 saturated carbocycles. The predicted octanol–water partition coefficient (Wildman–Crippen LogP) is 4.25. The van der Waals surface area contributed by atoms with Crippen LogP contribution in [-0.2, 0) is 13.0 Å². The summed E-state index contributed by atoms with van der Waals surface area (Å²) in [5, 5.41) is 3.45. The smallest absolute Gasteiger partial charge is 0.165 e. The van der Waals surface area contributed by atoms with Crippen LogP contribution in [0.3, 0.4) is 0 Å². The highest BCUT2D eigenvalue weighted by atomic mass is 19.1. The summed E-state index contributed by atoms with van der Waals surface area (Å²) in [5.74, 6) is -0.0418. The minimum atomic E-state index is -0.322. The zero-order chi connectivity index (χ0) is 15.2. The Balaban J connectivity index is 2.04. The van der Waals surface area contributed by atoms with Crippen molar-refractivity contribution in [2.24, 2.45) is 0 Å². The fourth-order valence-electron chi connectivity index (χ4n) is 2.41. The van der Waals surface area contributed by atoms with Gasteiger partial charge in [0.15, 0.2) is 11.6 Å². The first-order valence-electron chi connectivity index (χ1n) is 7.29. The molecule has 2 nitrogen and oxygen atoms in total. The van der Waals surface area contributed by atoms with Crippen LogP contribution in [0.5, 0.6) is 5.75 Å². The lowest BCUT2D eigenvalue weighted by Crippen LogP contribution is -2.19. The van der Waals surface area contributed by atoms with Crippen LogP contribution >= 0.6 is 0 Å². The third-order valence-electron chi connectivity index (χ3n) is 3.77. The molecule has 1 N–H and O–H groups in total. The summed E-state index contributed by atoms with van der Waals surface area (Å²) in [7, 11) is 1.47. The molecule has 112 valence electrons. The number of halogens is 1. The van der Waals surface area contributed by atoms with E-state index in [0.29, 0.717) is 0 Å². The van der Waals surface area contributed by atoms with Gasteiger partial charge in [-0.1, -0.05) is 37.3 Å². The maximum atomic E-state index is 13.7. The zero-order valence-electron chi connectivity index (χ0n) is 12.8. The zero-order valence-corrected chi connectivity index (χ0v) is 12.8. The maximum absolute atomic E-state index is 13.7. The maximum Gasteiger partial charge on any atom is 0.165 e. The molecule has 0 aliphatic carbocycles. The Bertz CT molecular complexity index is 598. The second kappa shape index (κ2) is 7.23. The molecule has 0 saturated heterocycles. The molecule has 0 aliphatic heterocycles. The molecule has 0 bridgehead atoms. The summed E-state index contributed by atoms with van der Waals surface area (Å²) >= 11 is 0. The van der Waals surface area contributed by atoms with Crippen molar-refractivity contribution in [1.82, 2.24) is 5.32 Å². The van der Waals surface area contributed by atoms with Gasteiger partial charge in [0.25, 0.3) is 0 Å². The quantitative estimate of drug-likeness (QED) is 0.857. The molecule has 0 fully saturated rings. The number of hydrogen-bond donors (Lipinski definition) is 1. The van der Waals surface area contributed by atoms with Crippen molar-refractivity contribution in [2.45, 2.75) is 32.9 Å². The van der Waals surface area contributed by atoms with Gasteiger partial charge in [-0.25, -0.2) is 4.39 Å². The van der Waals surface area contributed by atoms with E-state index >= 15 is 0 Å². The average molecular weight is 287 g/mol. The van der Waals surface area contributed by atoms with Gasteiger partial charge >= 0.3 is 0 Å². The van der Waals surface area contributed by atoms with Crippen LogP contribution < -0.4 is 10.1 Å². The van der Waals surface area contributed by atoms with Crippen molar-refractivity contribution < 1.29 is 9.13 Å². The Morgan fingerprint density at radius 2 is 1.86 bits per heavy atom. The molecule has 21 heavy (non-hydrogen) atoms. The molecular weight excluding hydrogens is 265 g/mol. The lowest BCUT2D eigenvalue weighted by Gasteiger charge is -2.16. The number of rotatable bonds is 6. The number of methoxy groups -OCH3 is 1. The van der Waals surface area contributed by atoms with Gasteiger partial charge in [0, 0.05) is 12.6 Å². The molecule has 2 rings (SSSR count). The summed E-state index contributed by atoms with van der Waals surface area (Å²) in [6.07, 6.45) is 1.02. The molecule has 2 aromatic carbocycles. The fourth-order valence-corrected chi connectivity index (χ4v) is 2.41. The third-order valence-corrected chi connectivity index (χ3v) is 3.77. The monoisotopic (exact) mass is 287 g/mol. The van der Waals surface area contributed by atoms with Crippen molar-refractivity contribution in [1.29, 1.82) is 0 Å². The van der Waals surface area contributed by atoms with Gasteiger partial charge in [0.05, 0.1) is 7.11 Å². The van der Waals surface area contributed by atoms with Crippen molar-refractivity contribution in [3.63, 3.8) is 0 Å². The second-order valence-electron chi connectivity index (χ2n) is 5.12. The lowest BCUT2D eigenvalue weighted by atomic mass is 10.0. The van der Waals surface area contributed by atoms with Gasteiger partial charge < -0.3 is 10.1 Å². The first kappa shape index (κ1) is 15.5. The second-order valence-corrected chi connectivity index (χ2v) is 5.12. The van der Waals surface area contributed by atoms with Gasteiger partial charge in [-0.05, 0) is 42.2 Å². The van der Waals surface area contributed by atoms with Crippen LogP contribution in [0.15, 0.2) is 42.5 Å².